The predicted molar refractivity (Wildman–Crippen MR) is 93.5 cm³/mol. The number of nitrogens with zero attached hydrogens (tertiary/aromatic N) is 1. The van der Waals surface area contributed by atoms with Gasteiger partial charge in [0.1, 0.15) is 0 Å². The molecule has 2 nitrogen and oxygen atoms in total. The van der Waals surface area contributed by atoms with Crippen molar-refractivity contribution in [2.24, 2.45) is 5.92 Å². The van der Waals surface area contributed by atoms with E-state index in [9.17, 15) is 0 Å². The van der Waals surface area contributed by atoms with E-state index in [1.807, 2.05) is 0 Å². The fraction of sp³-hybridized carbons (Fsp3) is 0.647. The molecule has 0 aliphatic carbocycles. The second-order valence-electron chi connectivity index (χ2n) is 5.51. The smallest absolute Gasteiger partial charge is 0.0510 e. The summed E-state index contributed by atoms with van der Waals surface area (Å²) >= 11 is 3.74. The fourth-order valence-corrected chi connectivity index (χ4v) is 2.91. The third kappa shape index (κ3) is 5.45. The predicted octanol–water partition coefficient (Wildman–Crippen LogP) is 4.82. The van der Waals surface area contributed by atoms with Crippen molar-refractivity contribution in [1.82, 2.24) is 5.32 Å². The van der Waals surface area contributed by atoms with Crippen LogP contribution in [0.1, 0.15) is 46.1 Å². The minimum atomic E-state index is 0.729. The maximum Gasteiger partial charge on any atom is 0.0510 e. The van der Waals surface area contributed by atoms with Crippen molar-refractivity contribution in [3.63, 3.8) is 0 Å². The Kier molecular flexibility index (Phi) is 8.24. The lowest BCUT2D eigenvalue weighted by molar-refractivity contribution is 0.547. The molecule has 1 unspecified atom stereocenters. The molecule has 1 atom stereocenters. The number of nitrogens with one attached hydrogen (secondary N) is 1. The molecule has 0 saturated heterocycles. The zero-order valence-corrected chi connectivity index (χ0v) is 15.0. The van der Waals surface area contributed by atoms with E-state index in [2.05, 4.69) is 72.0 Å². The van der Waals surface area contributed by atoms with Crippen LogP contribution in [0.5, 0.6) is 0 Å². The molecule has 1 N–H and O–H groups in total. The molecule has 1 aromatic carbocycles. The first-order valence-corrected chi connectivity index (χ1v) is 8.65. The molecule has 114 valence electrons. The SMILES string of the molecule is CCCNCc1ccc(N(CC)CC(C)CC)c(Br)c1. The second-order valence-corrected chi connectivity index (χ2v) is 6.37. The zero-order chi connectivity index (χ0) is 15.0. The number of benzene rings is 1. The molecule has 0 saturated carbocycles. The van der Waals surface area contributed by atoms with Gasteiger partial charge in [-0.2, -0.15) is 0 Å². The van der Waals surface area contributed by atoms with E-state index in [1.165, 1.54) is 28.6 Å². The van der Waals surface area contributed by atoms with Crippen LogP contribution in [-0.2, 0) is 6.54 Å². The summed E-state index contributed by atoms with van der Waals surface area (Å²) < 4.78 is 1.21. The number of halogens is 1. The van der Waals surface area contributed by atoms with Gasteiger partial charge in [0.15, 0.2) is 0 Å². The monoisotopic (exact) mass is 340 g/mol. The minimum Gasteiger partial charge on any atom is -0.371 e. The molecule has 0 fully saturated rings. The molecular weight excluding hydrogens is 312 g/mol. The van der Waals surface area contributed by atoms with E-state index >= 15 is 0 Å². The van der Waals surface area contributed by atoms with Crippen LogP contribution in [0.25, 0.3) is 0 Å². The zero-order valence-electron chi connectivity index (χ0n) is 13.4. The molecule has 0 radical (unpaired) electrons. The van der Waals surface area contributed by atoms with Crippen molar-refractivity contribution in [3.8, 4) is 0 Å². The van der Waals surface area contributed by atoms with Gasteiger partial charge in [0.2, 0.25) is 0 Å². The van der Waals surface area contributed by atoms with Crippen molar-refractivity contribution >= 4 is 21.6 Å². The lowest BCUT2D eigenvalue weighted by Crippen LogP contribution is -2.28. The van der Waals surface area contributed by atoms with Gasteiger partial charge in [0.05, 0.1) is 5.69 Å². The van der Waals surface area contributed by atoms with Gasteiger partial charge < -0.3 is 10.2 Å². The Morgan fingerprint density at radius 2 is 2.00 bits per heavy atom. The molecule has 0 aliphatic heterocycles. The first-order valence-electron chi connectivity index (χ1n) is 7.86. The molecule has 3 heteroatoms. The van der Waals surface area contributed by atoms with Gasteiger partial charge in [0.25, 0.3) is 0 Å². The molecule has 20 heavy (non-hydrogen) atoms. The van der Waals surface area contributed by atoms with Crippen LogP contribution < -0.4 is 10.2 Å². The summed E-state index contributed by atoms with van der Waals surface area (Å²) in [6.07, 6.45) is 2.41. The summed E-state index contributed by atoms with van der Waals surface area (Å²) in [4.78, 5) is 2.46. The highest BCUT2D eigenvalue weighted by Gasteiger charge is 2.11. The highest BCUT2D eigenvalue weighted by Crippen LogP contribution is 2.28. The molecule has 0 aliphatic rings. The average Bonchev–Trinajstić information content (AvgIpc) is 2.45. The van der Waals surface area contributed by atoms with E-state index < -0.39 is 0 Å². The van der Waals surface area contributed by atoms with Gasteiger partial charge in [-0.1, -0.05) is 33.3 Å². The van der Waals surface area contributed by atoms with Gasteiger partial charge in [-0.25, -0.2) is 0 Å². The van der Waals surface area contributed by atoms with Crippen LogP contribution in [0.15, 0.2) is 22.7 Å². The van der Waals surface area contributed by atoms with Gasteiger partial charge in [-0.05, 0) is 59.4 Å². The molecule has 0 bridgehead atoms. The summed E-state index contributed by atoms with van der Waals surface area (Å²) in [5.74, 6) is 0.729. The maximum atomic E-state index is 3.74. The van der Waals surface area contributed by atoms with Crippen molar-refractivity contribution in [3.05, 3.63) is 28.2 Å². The van der Waals surface area contributed by atoms with Gasteiger partial charge >= 0.3 is 0 Å². The van der Waals surface area contributed by atoms with E-state index in [0.29, 0.717) is 0 Å². The molecule has 0 heterocycles. The molecule has 0 spiro atoms. The van der Waals surface area contributed by atoms with Crippen molar-refractivity contribution < 1.29 is 0 Å². The lowest BCUT2D eigenvalue weighted by Gasteiger charge is -2.27. The van der Waals surface area contributed by atoms with E-state index in [-0.39, 0.29) is 0 Å². The summed E-state index contributed by atoms with van der Waals surface area (Å²) in [5, 5.41) is 3.45. The van der Waals surface area contributed by atoms with Crippen molar-refractivity contribution in [2.45, 2.75) is 47.1 Å². The summed E-state index contributed by atoms with van der Waals surface area (Å²) in [6.45, 7) is 13.2. The minimum absolute atomic E-state index is 0.729. The summed E-state index contributed by atoms with van der Waals surface area (Å²) in [7, 11) is 0. The topological polar surface area (TPSA) is 15.3 Å². The number of rotatable bonds is 9. The molecular formula is C17H29BrN2. The van der Waals surface area contributed by atoms with Gasteiger partial charge in [0, 0.05) is 24.1 Å². The molecule has 0 aromatic heterocycles. The van der Waals surface area contributed by atoms with Crippen LogP contribution in [0.3, 0.4) is 0 Å². The Labute approximate surface area is 133 Å². The quantitative estimate of drug-likeness (QED) is 0.648. The summed E-state index contributed by atoms with van der Waals surface area (Å²) in [5.41, 5.74) is 2.65. The molecule has 1 rings (SSSR count). The third-order valence-corrected chi connectivity index (χ3v) is 4.35. The summed E-state index contributed by atoms with van der Waals surface area (Å²) in [6, 6.07) is 6.73. The molecule has 1 aromatic rings. The lowest BCUT2D eigenvalue weighted by atomic mass is 10.1. The maximum absolute atomic E-state index is 3.74. The largest absolute Gasteiger partial charge is 0.371 e. The van der Waals surface area contributed by atoms with Crippen molar-refractivity contribution in [1.29, 1.82) is 0 Å². The third-order valence-electron chi connectivity index (χ3n) is 3.72. The normalized spacial score (nSPS) is 12.4. The van der Waals surface area contributed by atoms with E-state index in [1.54, 1.807) is 0 Å². The fourth-order valence-electron chi connectivity index (χ4n) is 2.23. The van der Waals surface area contributed by atoms with Gasteiger partial charge in [-0.15, -0.1) is 0 Å². The first kappa shape index (κ1) is 17.5. The highest BCUT2D eigenvalue weighted by molar-refractivity contribution is 9.10. The Hall–Kier alpha value is -0.540. The van der Waals surface area contributed by atoms with Crippen LogP contribution in [0.2, 0.25) is 0 Å². The second kappa shape index (κ2) is 9.41. The standard InChI is InChI=1S/C17H29BrN2/c1-5-10-19-12-15-8-9-17(16(18)11-15)20(7-3)13-14(4)6-2/h8-9,11,14,19H,5-7,10,12-13H2,1-4H3. The first-order chi connectivity index (χ1) is 9.62. The Balaban J connectivity index is 2.74. The number of hydrogen-bond donors (Lipinski definition) is 1. The Morgan fingerprint density at radius 1 is 1.25 bits per heavy atom. The molecule has 0 amide bonds. The van der Waals surface area contributed by atoms with Crippen LogP contribution in [0, 0.1) is 5.92 Å². The number of hydrogen-bond acceptors (Lipinski definition) is 2. The van der Waals surface area contributed by atoms with Crippen LogP contribution in [-0.4, -0.2) is 19.6 Å². The van der Waals surface area contributed by atoms with Crippen LogP contribution >= 0.6 is 15.9 Å². The van der Waals surface area contributed by atoms with E-state index in [0.717, 1.165) is 32.1 Å². The Morgan fingerprint density at radius 3 is 2.55 bits per heavy atom. The average molecular weight is 341 g/mol. The Bertz CT molecular complexity index is 393. The highest BCUT2D eigenvalue weighted by atomic mass is 79.9. The van der Waals surface area contributed by atoms with Gasteiger partial charge in [-0.3, -0.25) is 0 Å². The van der Waals surface area contributed by atoms with Crippen molar-refractivity contribution in [2.75, 3.05) is 24.5 Å². The number of anilines is 1. The van der Waals surface area contributed by atoms with Crippen LogP contribution in [0.4, 0.5) is 5.69 Å². The van der Waals surface area contributed by atoms with E-state index in [4.69, 9.17) is 0 Å².